The van der Waals surface area contributed by atoms with Crippen LogP contribution in [0.5, 0.6) is 0 Å². The molecule has 1 aromatic heterocycles. The van der Waals surface area contributed by atoms with Gasteiger partial charge in [0.05, 0.1) is 10.9 Å². The molecule has 0 aliphatic rings. The highest BCUT2D eigenvalue weighted by Crippen LogP contribution is 2.30. The van der Waals surface area contributed by atoms with E-state index in [1.165, 1.54) is 29.5 Å². The topological polar surface area (TPSA) is 40.9 Å². The lowest BCUT2D eigenvalue weighted by Gasteiger charge is -2.07. The second-order valence-electron chi connectivity index (χ2n) is 4.60. The minimum atomic E-state index is -1.11. The summed E-state index contributed by atoms with van der Waals surface area (Å²) in [5, 5.41) is 10.2. The summed E-state index contributed by atoms with van der Waals surface area (Å²) >= 11 is 1.33. The summed E-state index contributed by atoms with van der Waals surface area (Å²) in [5.41, 5.74) is 0.127. The van der Waals surface area contributed by atoms with Crippen molar-refractivity contribution in [1.29, 1.82) is 5.26 Å². The molecule has 102 valence electrons. The zero-order chi connectivity index (χ0) is 14.8. The van der Waals surface area contributed by atoms with Crippen LogP contribution in [-0.2, 0) is 0 Å². The van der Waals surface area contributed by atoms with Gasteiger partial charge in [-0.3, -0.25) is 4.79 Å². The molecule has 1 heterocycles. The number of benzene rings is 2. The zero-order valence-corrected chi connectivity index (χ0v) is 11.7. The second kappa shape index (κ2) is 5.47. The number of carbonyl (C=O) groups is 1. The van der Waals surface area contributed by atoms with Gasteiger partial charge in [0.1, 0.15) is 11.7 Å². The SMILES string of the molecule is N#CC(C(=O)c1cc2ccccc2s1)c1ccccc1F. The van der Waals surface area contributed by atoms with E-state index in [2.05, 4.69) is 0 Å². The lowest BCUT2D eigenvalue weighted by atomic mass is 9.94. The molecule has 3 aromatic rings. The zero-order valence-electron chi connectivity index (χ0n) is 10.9. The van der Waals surface area contributed by atoms with Crippen molar-refractivity contribution < 1.29 is 9.18 Å². The van der Waals surface area contributed by atoms with E-state index in [9.17, 15) is 14.4 Å². The fourth-order valence-corrected chi connectivity index (χ4v) is 3.26. The van der Waals surface area contributed by atoms with Crippen molar-refractivity contribution >= 4 is 27.2 Å². The van der Waals surface area contributed by atoms with E-state index in [0.29, 0.717) is 4.88 Å². The highest BCUT2D eigenvalue weighted by atomic mass is 32.1. The number of carbonyl (C=O) groups excluding carboxylic acids is 1. The van der Waals surface area contributed by atoms with Gasteiger partial charge in [0.15, 0.2) is 5.78 Å². The van der Waals surface area contributed by atoms with Gasteiger partial charge in [-0.25, -0.2) is 4.39 Å². The molecule has 1 atom stereocenters. The van der Waals surface area contributed by atoms with E-state index in [-0.39, 0.29) is 11.3 Å². The fourth-order valence-electron chi connectivity index (χ4n) is 2.22. The van der Waals surface area contributed by atoms with Crippen LogP contribution in [0.4, 0.5) is 4.39 Å². The van der Waals surface area contributed by atoms with Crippen LogP contribution in [0.15, 0.2) is 54.6 Å². The summed E-state index contributed by atoms with van der Waals surface area (Å²) in [6.07, 6.45) is 0. The molecule has 0 amide bonds. The van der Waals surface area contributed by atoms with E-state index in [4.69, 9.17) is 0 Å². The first-order valence-electron chi connectivity index (χ1n) is 6.37. The molecule has 3 rings (SSSR count). The number of hydrogen-bond acceptors (Lipinski definition) is 3. The first kappa shape index (κ1) is 13.5. The van der Waals surface area contributed by atoms with Crippen LogP contribution < -0.4 is 0 Å². The lowest BCUT2D eigenvalue weighted by Crippen LogP contribution is -2.11. The van der Waals surface area contributed by atoms with Crippen LogP contribution in [0.1, 0.15) is 21.2 Å². The monoisotopic (exact) mass is 295 g/mol. The van der Waals surface area contributed by atoms with E-state index < -0.39 is 11.7 Å². The Morgan fingerprint density at radius 2 is 1.86 bits per heavy atom. The molecule has 0 fully saturated rings. The normalized spacial score (nSPS) is 12.0. The highest BCUT2D eigenvalue weighted by Gasteiger charge is 2.25. The van der Waals surface area contributed by atoms with E-state index in [0.717, 1.165) is 10.1 Å². The third kappa shape index (κ3) is 2.44. The van der Waals surface area contributed by atoms with Crippen molar-refractivity contribution in [2.24, 2.45) is 0 Å². The van der Waals surface area contributed by atoms with Crippen LogP contribution >= 0.6 is 11.3 Å². The highest BCUT2D eigenvalue weighted by molar-refractivity contribution is 7.20. The summed E-state index contributed by atoms with van der Waals surface area (Å²) in [7, 11) is 0. The van der Waals surface area contributed by atoms with Crippen molar-refractivity contribution in [2.45, 2.75) is 5.92 Å². The Morgan fingerprint density at radius 1 is 1.14 bits per heavy atom. The molecule has 2 aromatic carbocycles. The number of thiophene rings is 1. The summed E-state index contributed by atoms with van der Waals surface area (Å²) in [6, 6.07) is 17.2. The molecule has 0 spiro atoms. The van der Waals surface area contributed by atoms with E-state index in [1.54, 1.807) is 12.1 Å². The standard InChI is InChI=1S/C17H10FNOS/c18-14-7-3-2-6-12(14)13(10-19)17(20)16-9-11-5-1-4-8-15(11)21-16/h1-9,13H. The van der Waals surface area contributed by atoms with Gasteiger partial charge in [0, 0.05) is 10.3 Å². The van der Waals surface area contributed by atoms with Gasteiger partial charge >= 0.3 is 0 Å². The third-order valence-electron chi connectivity index (χ3n) is 3.28. The predicted octanol–water partition coefficient (Wildman–Crippen LogP) is 4.53. The maximum absolute atomic E-state index is 13.8. The third-order valence-corrected chi connectivity index (χ3v) is 4.41. The minimum absolute atomic E-state index is 0.127. The Bertz CT molecular complexity index is 829. The lowest BCUT2D eigenvalue weighted by molar-refractivity contribution is 0.0981. The molecule has 0 aliphatic carbocycles. The van der Waals surface area contributed by atoms with Gasteiger partial charge < -0.3 is 0 Å². The second-order valence-corrected chi connectivity index (χ2v) is 5.68. The Hall–Kier alpha value is -2.51. The van der Waals surface area contributed by atoms with Crippen LogP contribution in [0, 0.1) is 17.1 Å². The number of nitriles is 1. The van der Waals surface area contributed by atoms with Crippen molar-refractivity contribution in [3.05, 3.63) is 70.9 Å². The molecular weight excluding hydrogens is 285 g/mol. The summed E-state index contributed by atoms with van der Waals surface area (Å²) in [5.74, 6) is -2.00. The Morgan fingerprint density at radius 3 is 2.57 bits per heavy atom. The smallest absolute Gasteiger partial charge is 0.194 e. The first-order valence-corrected chi connectivity index (χ1v) is 7.19. The minimum Gasteiger partial charge on any atom is -0.291 e. The molecule has 1 unspecified atom stereocenters. The molecule has 0 radical (unpaired) electrons. The molecule has 21 heavy (non-hydrogen) atoms. The van der Waals surface area contributed by atoms with Gasteiger partial charge in [0.2, 0.25) is 0 Å². The molecule has 0 saturated heterocycles. The van der Waals surface area contributed by atoms with Gasteiger partial charge in [-0.15, -0.1) is 11.3 Å². The molecule has 0 aliphatic heterocycles. The number of Topliss-reactive ketones (excluding diaryl/α,β-unsaturated/α-hetero) is 1. The van der Waals surface area contributed by atoms with Crippen LogP contribution in [0.3, 0.4) is 0 Å². The number of ketones is 1. The molecule has 2 nitrogen and oxygen atoms in total. The van der Waals surface area contributed by atoms with Crippen molar-refractivity contribution in [1.82, 2.24) is 0 Å². The fraction of sp³-hybridized carbons (Fsp3) is 0.0588. The maximum Gasteiger partial charge on any atom is 0.194 e. The number of hydrogen-bond donors (Lipinski definition) is 0. The Labute approximate surface area is 125 Å². The molecule has 4 heteroatoms. The number of halogens is 1. The van der Waals surface area contributed by atoms with Crippen LogP contribution in [0.2, 0.25) is 0 Å². The molecule has 0 bridgehead atoms. The van der Waals surface area contributed by atoms with Crippen molar-refractivity contribution in [3.8, 4) is 6.07 Å². The Balaban J connectivity index is 2.03. The average molecular weight is 295 g/mol. The van der Waals surface area contributed by atoms with Crippen molar-refractivity contribution in [3.63, 3.8) is 0 Å². The van der Waals surface area contributed by atoms with Gasteiger partial charge in [0.25, 0.3) is 0 Å². The first-order chi connectivity index (χ1) is 10.2. The summed E-state index contributed by atoms with van der Waals surface area (Å²) in [4.78, 5) is 13.0. The van der Waals surface area contributed by atoms with Gasteiger partial charge in [-0.05, 0) is 23.6 Å². The quantitative estimate of drug-likeness (QED) is 0.666. The number of rotatable bonds is 3. The largest absolute Gasteiger partial charge is 0.291 e. The van der Waals surface area contributed by atoms with Crippen LogP contribution in [0.25, 0.3) is 10.1 Å². The van der Waals surface area contributed by atoms with Gasteiger partial charge in [-0.2, -0.15) is 5.26 Å². The predicted molar refractivity (Wildman–Crippen MR) is 80.9 cm³/mol. The number of nitrogens with zero attached hydrogens (tertiary/aromatic N) is 1. The maximum atomic E-state index is 13.8. The van der Waals surface area contributed by atoms with Crippen molar-refractivity contribution in [2.75, 3.05) is 0 Å². The van der Waals surface area contributed by atoms with E-state index in [1.807, 2.05) is 30.3 Å². The van der Waals surface area contributed by atoms with Gasteiger partial charge in [-0.1, -0.05) is 36.4 Å². The Kier molecular flexibility index (Phi) is 3.51. The van der Waals surface area contributed by atoms with Crippen LogP contribution in [-0.4, -0.2) is 5.78 Å². The summed E-state index contributed by atoms with van der Waals surface area (Å²) in [6.45, 7) is 0. The summed E-state index contributed by atoms with van der Waals surface area (Å²) < 4.78 is 14.8. The molecule has 0 saturated carbocycles. The molecule has 0 N–H and O–H groups in total. The molecular formula is C17H10FNOS. The average Bonchev–Trinajstić information content (AvgIpc) is 2.93. The number of fused-ring (bicyclic) bond motifs is 1. The van der Waals surface area contributed by atoms with E-state index >= 15 is 0 Å².